The van der Waals surface area contributed by atoms with Crippen molar-refractivity contribution in [2.45, 2.75) is 20.1 Å². The van der Waals surface area contributed by atoms with Crippen LogP contribution in [0.5, 0.6) is 0 Å². The average molecular weight is 303 g/mol. The van der Waals surface area contributed by atoms with Crippen LogP contribution < -0.4 is 0 Å². The summed E-state index contributed by atoms with van der Waals surface area (Å²) < 4.78 is 11.5. The number of furan rings is 1. The van der Waals surface area contributed by atoms with Crippen molar-refractivity contribution in [3.63, 3.8) is 0 Å². The topological polar surface area (TPSA) is 72.6 Å². The van der Waals surface area contributed by atoms with Gasteiger partial charge in [0.15, 0.2) is 0 Å². The summed E-state index contributed by atoms with van der Waals surface area (Å²) in [4.78, 5) is 16.4. The van der Waals surface area contributed by atoms with E-state index in [9.17, 15) is 4.79 Å². The molecule has 0 radical (unpaired) electrons. The molecule has 0 aliphatic heterocycles. The first-order chi connectivity index (χ1) is 10.2. The van der Waals surface area contributed by atoms with Crippen LogP contribution in [0.1, 0.15) is 26.9 Å². The van der Waals surface area contributed by atoms with E-state index >= 15 is 0 Å². The summed E-state index contributed by atoms with van der Waals surface area (Å²) in [6, 6.07) is 9.26. The normalized spacial score (nSPS) is 11.0. The molecule has 3 rings (SSSR count). The zero-order chi connectivity index (χ0) is 14.8. The molecule has 1 N–H and O–H groups in total. The predicted molar refractivity (Wildman–Crippen MR) is 78.1 cm³/mol. The summed E-state index contributed by atoms with van der Waals surface area (Å²) in [5.41, 5.74) is 1.23. The van der Waals surface area contributed by atoms with Crippen LogP contribution in [0, 0.1) is 6.92 Å². The number of hydrogen-bond acceptors (Lipinski definition) is 6. The van der Waals surface area contributed by atoms with Crippen molar-refractivity contribution in [3.05, 3.63) is 52.4 Å². The molecule has 0 aliphatic carbocycles. The van der Waals surface area contributed by atoms with E-state index in [-0.39, 0.29) is 13.2 Å². The zero-order valence-electron chi connectivity index (χ0n) is 11.3. The van der Waals surface area contributed by atoms with Crippen LogP contribution in [0.25, 0.3) is 10.2 Å². The Morgan fingerprint density at radius 2 is 2.24 bits per heavy atom. The first-order valence-electron chi connectivity index (χ1n) is 6.39. The van der Waals surface area contributed by atoms with Gasteiger partial charge < -0.3 is 14.3 Å². The molecule has 2 heterocycles. The molecule has 0 spiro atoms. The number of para-hydroxylation sites is 1. The molecular formula is C15H13NO4S. The number of carbonyl (C=O) groups excluding carboxylic acids is 1. The molecule has 0 atom stereocenters. The number of thiazole rings is 1. The van der Waals surface area contributed by atoms with Crippen molar-refractivity contribution < 1.29 is 19.1 Å². The number of hydrogen-bond donors (Lipinski definition) is 1. The van der Waals surface area contributed by atoms with Crippen molar-refractivity contribution in [2.75, 3.05) is 0 Å². The third kappa shape index (κ3) is 2.81. The number of rotatable bonds is 4. The Hall–Kier alpha value is -2.18. The van der Waals surface area contributed by atoms with Crippen LogP contribution in [0.2, 0.25) is 0 Å². The van der Waals surface area contributed by atoms with Gasteiger partial charge in [0.1, 0.15) is 35.3 Å². The second-order valence-electron chi connectivity index (χ2n) is 4.49. The standard InChI is InChI=1S/C15H13NO4S/c1-9-11(6-10(7-17)20-9)15(18)19-8-14-16-12-4-2-3-5-13(12)21-14/h2-6,17H,7-8H2,1H3. The highest BCUT2D eigenvalue weighted by Gasteiger charge is 2.16. The largest absolute Gasteiger partial charge is 0.463 e. The third-order valence-corrected chi connectivity index (χ3v) is 4.02. The minimum absolute atomic E-state index is 0.122. The van der Waals surface area contributed by atoms with E-state index in [0.29, 0.717) is 17.1 Å². The van der Waals surface area contributed by atoms with Gasteiger partial charge in [-0.25, -0.2) is 9.78 Å². The Balaban J connectivity index is 1.71. The second-order valence-corrected chi connectivity index (χ2v) is 5.61. The van der Waals surface area contributed by atoms with Gasteiger partial charge in [-0.05, 0) is 25.1 Å². The molecule has 6 heteroatoms. The van der Waals surface area contributed by atoms with Crippen molar-refractivity contribution >= 4 is 27.5 Å². The van der Waals surface area contributed by atoms with Gasteiger partial charge in [0.05, 0.1) is 10.2 Å². The lowest BCUT2D eigenvalue weighted by atomic mass is 10.2. The van der Waals surface area contributed by atoms with E-state index in [1.807, 2.05) is 24.3 Å². The van der Waals surface area contributed by atoms with Crippen molar-refractivity contribution in [1.82, 2.24) is 4.98 Å². The lowest BCUT2D eigenvalue weighted by Gasteiger charge is -2.00. The number of ether oxygens (including phenoxy) is 1. The van der Waals surface area contributed by atoms with E-state index in [1.54, 1.807) is 6.92 Å². The van der Waals surface area contributed by atoms with Gasteiger partial charge in [-0.2, -0.15) is 0 Å². The van der Waals surface area contributed by atoms with Crippen molar-refractivity contribution in [3.8, 4) is 0 Å². The molecule has 0 saturated carbocycles. The van der Waals surface area contributed by atoms with Gasteiger partial charge in [0.2, 0.25) is 0 Å². The third-order valence-electron chi connectivity index (χ3n) is 3.01. The van der Waals surface area contributed by atoms with Gasteiger partial charge in [0.25, 0.3) is 0 Å². The smallest absolute Gasteiger partial charge is 0.342 e. The Morgan fingerprint density at radius 1 is 1.43 bits per heavy atom. The number of carbonyl (C=O) groups is 1. The van der Waals surface area contributed by atoms with E-state index < -0.39 is 5.97 Å². The number of benzene rings is 1. The number of aliphatic hydroxyl groups excluding tert-OH is 1. The van der Waals surface area contributed by atoms with Crippen LogP contribution in [-0.2, 0) is 18.0 Å². The molecule has 21 heavy (non-hydrogen) atoms. The molecule has 0 unspecified atom stereocenters. The van der Waals surface area contributed by atoms with Crippen molar-refractivity contribution in [1.29, 1.82) is 0 Å². The van der Waals surface area contributed by atoms with Crippen LogP contribution in [0.15, 0.2) is 34.7 Å². The van der Waals surface area contributed by atoms with Crippen molar-refractivity contribution in [2.24, 2.45) is 0 Å². The number of aromatic nitrogens is 1. The zero-order valence-corrected chi connectivity index (χ0v) is 12.1. The maximum absolute atomic E-state index is 12.0. The van der Waals surface area contributed by atoms with Crippen LogP contribution in [0.3, 0.4) is 0 Å². The van der Waals surface area contributed by atoms with E-state index in [4.69, 9.17) is 14.3 Å². The molecule has 0 saturated heterocycles. The monoisotopic (exact) mass is 303 g/mol. The number of esters is 1. The Morgan fingerprint density at radius 3 is 2.95 bits per heavy atom. The predicted octanol–water partition coefficient (Wildman–Crippen LogP) is 3.05. The van der Waals surface area contributed by atoms with Gasteiger partial charge >= 0.3 is 5.97 Å². The summed E-state index contributed by atoms with van der Waals surface area (Å²) >= 11 is 1.50. The van der Waals surface area contributed by atoms with Gasteiger partial charge in [-0.3, -0.25) is 0 Å². The number of aryl methyl sites for hydroxylation is 1. The lowest BCUT2D eigenvalue weighted by Crippen LogP contribution is -2.05. The summed E-state index contributed by atoms with van der Waals surface area (Å²) in [7, 11) is 0. The number of nitrogens with zero attached hydrogens (tertiary/aromatic N) is 1. The summed E-state index contributed by atoms with van der Waals surface area (Å²) in [6.07, 6.45) is 0. The molecule has 3 aromatic rings. The average Bonchev–Trinajstić information content (AvgIpc) is 3.07. The Bertz CT molecular complexity index is 757. The highest BCUT2D eigenvalue weighted by molar-refractivity contribution is 7.18. The lowest BCUT2D eigenvalue weighted by molar-refractivity contribution is 0.0470. The first-order valence-corrected chi connectivity index (χ1v) is 7.21. The molecule has 0 aliphatic rings. The summed E-state index contributed by atoms with van der Waals surface area (Å²) in [5, 5.41) is 9.74. The summed E-state index contributed by atoms with van der Waals surface area (Å²) in [6.45, 7) is 1.54. The van der Waals surface area contributed by atoms with E-state index in [2.05, 4.69) is 4.98 Å². The summed E-state index contributed by atoms with van der Waals surface area (Å²) in [5.74, 6) is 0.308. The fraction of sp³-hybridized carbons (Fsp3) is 0.200. The highest BCUT2D eigenvalue weighted by Crippen LogP contribution is 2.23. The van der Waals surface area contributed by atoms with Gasteiger partial charge in [-0.1, -0.05) is 12.1 Å². The molecule has 5 nitrogen and oxygen atoms in total. The highest BCUT2D eigenvalue weighted by atomic mass is 32.1. The minimum Gasteiger partial charge on any atom is -0.463 e. The minimum atomic E-state index is -0.477. The van der Waals surface area contributed by atoms with Crippen LogP contribution >= 0.6 is 11.3 Å². The first kappa shape index (κ1) is 13.8. The Labute approximate surface area is 124 Å². The molecule has 0 bridgehead atoms. The fourth-order valence-corrected chi connectivity index (χ4v) is 2.89. The number of fused-ring (bicyclic) bond motifs is 1. The van der Waals surface area contributed by atoms with E-state index in [0.717, 1.165) is 15.2 Å². The van der Waals surface area contributed by atoms with E-state index in [1.165, 1.54) is 17.4 Å². The molecule has 0 fully saturated rings. The maximum atomic E-state index is 12.0. The second kappa shape index (κ2) is 5.67. The van der Waals surface area contributed by atoms with Gasteiger partial charge in [-0.15, -0.1) is 11.3 Å². The van der Waals surface area contributed by atoms with Gasteiger partial charge in [0, 0.05) is 0 Å². The SMILES string of the molecule is Cc1oc(CO)cc1C(=O)OCc1nc2ccccc2s1. The number of aliphatic hydroxyl groups is 1. The fourth-order valence-electron chi connectivity index (χ4n) is 2.01. The molecule has 1 aromatic carbocycles. The van der Waals surface area contributed by atoms with Crippen LogP contribution in [0.4, 0.5) is 0 Å². The molecule has 2 aromatic heterocycles. The quantitative estimate of drug-likeness (QED) is 0.750. The van der Waals surface area contributed by atoms with Crippen LogP contribution in [-0.4, -0.2) is 16.1 Å². The maximum Gasteiger partial charge on any atom is 0.342 e. The Kier molecular flexibility index (Phi) is 3.72. The molecule has 108 valence electrons. The molecule has 0 amide bonds. The molecular weight excluding hydrogens is 290 g/mol.